The number of rotatable bonds is 5. The highest BCUT2D eigenvalue weighted by Crippen LogP contribution is 2.31. The van der Waals surface area contributed by atoms with Gasteiger partial charge in [-0.05, 0) is 48.5 Å². The van der Waals surface area contributed by atoms with Gasteiger partial charge in [0.1, 0.15) is 0 Å². The van der Waals surface area contributed by atoms with Gasteiger partial charge in [0.05, 0.1) is 10.6 Å². The smallest absolute Gasteiger partial charge is 0.298 e. The zero-order valence-electron chi connectivity index (χ0n) is 13.0. The Kier molecular flexibility index (Phi) is 5.01. The molecule has 0 aliphatic rings. The SMILES string of the molecule is O=[N+]([O-])c1cc(Cl)ccc1N=Nc1ccc(Nc2ccccc2)cc1. The van der Waals surface area contributed by atoms with Crippen molar-refractivity contribution in [3.8, 4) is 0 Å². The summed E-state index contributed by atoms with van der Waals surface area (Å²) in [5, 5.41) is 22.6. The normalized spacial score (nSPS) is 10.8. The second-order valence-electron chi connectivity index (χ2n) is 5.13. The molecule has 0 bridgehead atoms. The van der Waals surface area contributed by atoms with Gasteiger partial charge in [-0.1, -0.05) is 29.8 Å². The summed E-state index contributed by atoms with van der Waals surface area (Å²) in [6.07, 6.45) is 0. The van der Waals surface area contributed by atoms with Crippen LogP contribution in [0.4, 0.5) is 28.4 Å². The van der Waals surface area contributed by atoms with E-state index in [1.54, 1.807) is 12.1 Å². The number of benzene rings is 3. The van der Waals surface area contributed by atoms with Crippen LogP contribution in [0.2, 0.25) is 5.02 Å². The number of anilines is 2. The molecule has 0 atom stereocenters. The highest BCUT2D eigenvalue weighted by atomic mass is 35.5. The van der Waals surface area contributed by atoms with Crippen molar-refractivity contribution in [1.29, 1.82) is 0 Å². The molecule has 0 amide bonds. The third-order valence-electron chi connectivity index (χ3n) is 3.34. The summed E-state index contributed by atoms with van der Waals surface area (Å²) < 4.78 is 0. The number of hydrogen-bond donors (Lipinski definition) is 1. The summed E-state index contributed by atoms with van der Waals surface area (Å²) in [5.74, 6) is 0. The van der Waals surface area contributed by atoms with E-state index in [-0.39, 0.29) is 16.4 Å². The largest absolute Gasteiger partial charge is 0.356 e. The first-order valence-electron chi connectivity index (χ1n) is 7.40. The quantitative estimate of drug-likeness (QED) is 0.327. The molecule has 7 heteroatoms. The van der Waals surface area contributed by atoms with Gasteiger partial charge in [0, 0.05) is 22.5 Å². The van der Waals surface area contributed by atoms with Crippen molar-refractivity contribution in [3.05, 3.63) is 87.9 Å². The van der Waals surface area contributed by atoms with Gasteiger partial charge in [0.2, 0.25) is 0 Å². The molecule has 0 aliphatic heterocycles. The molecule has 0 fully saturated rings. The van der Waals surface area contributed by atoms with Gasteiger partial charge < -0.3 is 5.32 Å². The van der Waals surface area contributed by atoms with Crippen molar-refractivity contribution in [2.75, 3.05) is 5.32 Å². The Labute approximate surface area is 148 Å². The Bertz CT molecular complexity index is 912. The summed E-state index contributed by atoms with van der Waals surface area (Å²) in [7, 11) is 0. The molecule has 0 aromatic heterocycles. The summed E-state index contributed by atoms with van der Waals surface area (Å²) >= 11 is 5.78. The van der Waals surface area contributed by atoms with Crippen LogP contribution >= 0.6 is 11.6 Å². The van der Waals surface area contributed by atoms with Gasteiger partial charge in [0.15, 0.2) is 5.69 Å². The lowest BCUT2D eigenvalue weighted by Crippen LogP contribution is -1.88. The molecule has 0 unspecified atom stereocenters. The predicted molar refractivity (Wildman–Crippen MR) is 98.4 cm³/mol. The van der Waals surface area contributed by atoms with Crippen LogP contribution in [0.3, 0.4) is 0 Å². The maximum Gasteiger partial charge on any atom is 0.298 e. The lowest BCUT2D eigenvalue weighted by atomic mass is 10.2. The Morgan fingerprint density at radius 2 is 1.56 bits per heavy atom. The summed E-state index contributed by atoms with van der Waals surface area (Å²) in [4.78, 5) is 10.5. The standard InChI is InChI=1S/C18H13ClN4O2/c19-13-6-11-17(18(12-13)23(24)25)22-21-16-9-7-15(8-10-16)20-14-4-2-1-3-5-14/h1-12,20H. The maximum atomic E-state index is 11.0. The zero-order valence-corrected chi connectivity index (χ0v) is 13.7. The van der Waals surface area contributed by atoms with Crippen LogP contribution in [0.5, 0.6) is 0 Å². The molecule has 0 saturated carbocycles. The minimum absolute atomic E-state index is 0.154. The molecule has 3 aromatic rings. The molecule has 1 N–H and O–H groups in total. The van der Waals surface area contributed by atoms with Crippen molar-refractivity contribution in [2.45, 2.75) is 0 Å². The fourth-order valence-corrected chi connectivity index (χ4v) is 2.30. The molecule has 3 aromatic carbocycles. The first-order chi connectivity index (χ1) is 12.1. The van der Waals surface area contributed by atoms with Gasteiger partial charge in [-0.3, -0.25) is 10.1 Å². The Balaban J connectivity index is 1.75. The molecule has 0 heterocycles. The van der Waals surface area contributed by atoms with Crippen LogP contribution in [0.15, 0.2) is 83.0 Å². The molecule has 0 saturated heterocycles. The van der Waals surface area contributed by atoms with Crippen LogP contribution in [0.1, 0.15) is 0 Å². The fraction of sp³-hybridized carbons (Fsp3) is 0. The lowest BCUT2D eigenvalue weighted by Gasteiger charge is -2.05. The Hall–Kier alpha value is -3.25. The highest BCUT2D eigenvalue weighted by molar-refractivity contribution is 6.30. The third-order valence-corrected chi connectivity index (χ3v) is 3.57. The van der Waals surface area contributed by atoms with Crippen LogP contribution in [-0.2, 0) is 0 Å². The molecule has 0 aliphatic carbocycles. The molecular formula is C18H13ClN4O2. The molecule has 0 spiro atoms. The van der Waals surface area contributed by atoms with E-state index in [2.05, 4.69) is 15.5 Å². The summed E-state index contributed by atoms with van der Waals surface area (Å²) in [5.41, 5.74) is 2.44. The van der Waals surface area contributed by atoms with E-state index in [0.717, 1.165) is 11.4 Å². The van der Waals surface area contributed by atoms with Crippen molar-refractivity contribution >= 4 is 40.0 Å². The lowest BCUT2D eigenvalue weighted by molar-refractivity contribution is -0.384. The number of nitrogens with one attached hydrogen (secondary N) is 1. The van der Waals surface area contributed by atoms with E-state index in [9.17, 15) is 10.1 Å². The topological polar surface area (TPSA) is 79.9 Å². The number of azo groups is 1. The average Bonchev–Trinajstić information content (AvgIpc) is 2.62. The summed E-state index contributed by atoms with van der Waals surface area (Å²) in [6.45, 7) is 0. The predicted octanol–water partition coefficient (Wildman–Crippen LogP) is 6.41. The Morgan fingerprint density at radius 3 is 2.24 bits per heavy atom. The number of nitro groups is 1. The second-order valence-corrected chi connectivity index (χ2v) is 5.56. The van der Waals surface area contributed by atoms with E-state index in [4.69, 9.17) is 11.6 Å². The minimum Gasteiger partial charge on any atom is -0.356 e. The van der Waals surface area contributed by atoms with E-state index in [1.165, 1.54) is 18.2 Å². The average molecular weight is 353 g/mol. The highest BCUT2D eigenvalue weighted by Gasteiger charge is 2.13. The van der Waals surface area contributed by atoms with Crippen LogP contribution in [0.25, 0.3) is 0 Å². The molecule has 3 rings (SSSR count). The number of nitrogens with zero attached hydrogens (tertiary/aromatic N) is 3. The van der Waals surface area contributed by atoms with Crippen molar-refractivity contribution < 1.29 is 4.92 Å². The molecule has 25 heavy (non-hydrogen) atoms. The number of halogens is 1. The molecule has 124 valence electrons. The second kappa shape index (κ2) is 7.55. The van der Waals surface area contributed by atoms with E-state index >= 15 is 0 Å². The maximum absolute atomic E-state index is 11.0. The van der Waals surface area contributed by atoms with Crippen molar-refractivity contribution in [2.24, 2.45) is 10.2 Å². The van der Waals surface area contributed by atoms with Gasteiger partial charge in [-0.25, -0.2) is 0 Å². The monoisotopic (exact) mass is 352 g/mol. The van der Waals surface area contributed by atoms with Crippen molar-refractivity contribution in [1.82, 2.24) is 0 Å². The van der Waals surface area contributed by atoms with E-state index in [1.807, 2.05) is 42.5 Å². The van der Waals surface area contributed by atoms with Crippen molar-refractivity contribution in [3.63, 3.8) is 0 Å². The van der Waals surface area contributed by atoms with Crippen LogP contribution < -0.4 is 5.32 Å². The van der Waals surface area contributed by atoms with Gasteiger partial charge >= 0.3 is 0 Å². The van der Waals surface area contributed by atoms with Gasteiger partial charge in [-0.2, -0.15) is 5.11 Å². The molecule has 6 nitrogen and oxygen atoms in total. The first kappa shape index (κ1) is 16.6. The molecular weight excluding hydrogens is 340 g/mol. The van der Waals surface area contributed by atoms with Gasteiger partial charge in [-0.15, -0.1) is 5.11 Å². The zero-order chi connectivity index (χ0) is 17.6. The summed E-state index contributed by atoms with van der Waals surface area (Å²) in [6, 6.07) is 21.3. The first-order valence-corrected chi connectivity index (χ1v) is 7.77. The number of para-hydroxylation sites is 1. The fourth-order valence-electron chi connectivity index (χ4n) is 2.14. The van der Waals surface area contributed by atoms with E-state index < -0.39 is 4.92 Å². The number of hydrogen-bond acceptors (Lipinski definition) is 5. The van der Waals surface area contributed by atoms with Gasteiger partial charge in [0.25, 0.3) is 5.69 Å². The number of nitro benzene ring substituents is 1. The Morgan fingerprint density at radius 1 is 0.880 bits per heavy atom. The minimum atomic E-state index is -0.535. The molecule has 0 radical (unpaired) electrons. The van der Waals surface area contributed by atoms with Crippen LogP contribution in [0, 0.1) is 10.1 Å². The third kappa shape index (κ3) is 4.39. The van der Waals surface area contributed by atoms with E-state index in [0.29, 0.717) is 5.69 Å². The van der Waals surface area contributed by atoms with Crippen LogP contribution in [-0.4, -0.2) is 4.92 Å².